The van der Waals surface area contributed by atoms with E-state index in [0.717, 1.165) is 23.1 Å². The van der Waals surface area contributed by atoms with Crippen LogP contribution >= 0.6 is 11.6 Å². The molecule has 0 spiro atoms. The SMILES string of the molecule is O=C(O)c1c(F)ccc2c1OB(O)[C@@H](NC(=O)C(NC(=O)N1CCN(C3CCN(Cc4ccncc4)CC3)C1=O)c1cc(F)c(O)c(O)c1Cl)C2. The van der Waals surface area contributed by atoms with Gasteiger partial charge in [-0.25, -0.2) is 28.1 Å². The molecule has 4 heterocycles. The van der Waals surface area contributed by atoms with Crippen molar-refractivity contribution in [1.82, 2.24) is 30.3 Å². The van der Waals surface area contributed by atoms with Crippen LogP contribution in [-0.4, -0.2) is 109 Å². The van der Waals surface area contributed by atoms with Crippen LogP contribution in [0.25, 0.3) is 0 Å². The van der Waals surface area contributed by atoms with Crippen LogP contribution in [0.3, 0.4) is 0 Å². The van der Waals surface area contributed by atoms with Crippen molar-refractivity contribution in [3.8, 4) is 17.2 Å². The number of aromatic hydroxyl groups is 2. The molecular weight excluding hydrogens is 697 g/mol. The van der Waals surface area contributed by atoms with E-state index in [2.05, 4.69) is 20.5 Å². The molecule has 5 amide bonds. The Kier molecular flexibility index (Phi) is 10.2. The Balaban J connectivity index is 1.17. The Morgan fingerprint density at radius 2 is 1.75 bits per heavy atom. The summed E-state index contributed by atoms with van der Waals surface area (Å²) in [6.07, 6.45) is 4.51. The third-order valence-corrected chi connectivity index (χ3v) is 9.62. The van der Waals surface area contributed by atoms with Gasteiger partial charge in [-0.1, -0.05) is 17.7 Å². The van der Waals surface area contributed by atoms with Crippen LogP contribution in [-0.2, 0) is 17.8 Å². The van der Waals surface area contributed by atoms with Gasteiger partial charge in [-0.05, 0) is 54.7 Å². The number of piperidine rings is 1. The van der Waals surface area contributed by atoms with E-state index in [-0.39, 0.29) is 31.1 Å². The van der Waals surface area contributed by atoms with Gasteiger partial charge in [0.2, 0.25) is 5.91 Å². The molecule has 0 bridgehead atoms. The normalized spacial score (nSPS) is 18.6. The van der Waals surface area contributed by atoms with Gasteiger partial charge in [0.25, 0.3) is 0 Å². The number of urea groups is 2. The van der Waals surface area contributed by atoms with E-state index in [9.17, 15) is 48.3 Å². The Hall–Kier alpha value is -5.20. The molecular formula is C32H32BClF2N6O9. The number of hydrogen-bond acceptors (Lipinski definition) is 10. The summed E-state index contributed by atoms with van der Waals surface area (Å²) in [5, 5.41) is 44.3. The molecule has 1 unspecified atom stereocenters. The van der Waals surface area contributed by atoms with Gasteiger partial charge in [-0.3, -0.25) is 14.7 Å². The number of carboxylic acid groups (broad SMARTS) is 1. The zero-order valence-corrected chi connectivity index (χ0v) is 27.5. The van der Waals surface area contributed by atoms with Crippen molar-refractivity contribution in [1.29, 1.82) is 0 Å². The van der Waals surface area contributed by atoms with Crippen molar-refractivity contribution in [2.24, 2.45) is 0 Å². The van der Waals surface area contributed by atoms with E-state index in [1.165, 1.54) is 6.07 Å². The second-order valence-corrected chi connectivity index (χ2v) is 12.8. The number of aromatic carboxylic acids is 1. The summed E-state index contributed by atoms with van der Waals surface area (Å²) >= 11 is 6.20. The summed E-state index contributed by atoms with van der Waals surface area (Å²) in [5.41, 5.74) is -0.0743. The first kappa shape index (κ1) is 35.6. The number of phenols is 2. The Morgan fingerprint density at radius 1 is 1.04 bits per heavy atom. The Labute approximate surface area is 294 Å². The minimum Gasteiger partial charge on any atom is -0.534 e. The molecule has 1 aromatic heterocycles. The summed E-state index contributed by atoms with van der Waals surface area (Å²) in [5.74, 6) is -9.31. The predicted octanol–water partition coefficient (Wildman–Crippen LogP) is 2.42. The number of carboxylic acids is 1. The minimum atomic E-state index is -1.90. The maximum absolute atomic E-state index is 14.6. The number of hydrogen-bond donors (Lipinski definition) is 6. The zero-order chi connectivity index (χ0) is 36.6. The van der Waals surface area contributed by atoms with Crippen LogP contribution in [0.2, 0.25) is 5.02 Å². The maximum Gasteiger partial charge on any atom is 0.547 e. The number of imide groups is 1. The van der Waals surface area contributed by atoms with Gasteiger partial charge in [0.15, 0.2) is 17.3 Å². The standard InChI is InChI=1S/C32H32BClF2N6O9/c34-24-19(14-21(36)26(43)27(24)44)25(29(45)38-22-13-17-1-2-20(35)23(30(46)47)28(17)51-33(22)50)39-31(48)42-12-11-41(32(42)49)18-5-9-40(10-6-18)15-16-3-7-37-8-4-16/h1-4,7-8,14,18,22,25,43-44,50H,5-6,9-13,15H2,(H,38,45)(H,39,48)(H,46,47)/t22-,25?/m0/s1. The van der Waals surface area contributed by atoms with Crippen LogP contribution in [0, 0.1) is 11.6 Å². The second kappa shape index (κ2) is 14.6. The molecule has 2 fully saturated rings. The third kappa shape index (κ3) is 7.20. The second-order valence-electron chi connectivity index (χ2n) is 12.4. The van der Waals surface area contributed by atoms with Crippen LogP contribution in [0.4, 0.5) is 18.4 Å². The fraction of sp³-hybridized carbons (Fsp3) is 0.344. The number of rotatable bonds is 8. The Bertz CT molecular complexity index is 1870. The van der Waals surface area contributed by atoms with Crippen molar-refractivity contribution < 1.29 is 53.0 Å². The first-order valence-electron chi connectivity index (χ1n) is 15.9. The van der Waals surface area contributed by atoms with Gasteiger partial charge in [0.05, 0.1) is 11.0 Å². The third-order valence-electron chi connectivity index (χ3n) is 9.23. The lowest BCUT2D eigenvalue weighted by Crippen LogP contribution is -2.56. The number of amides is 5. The number of fused-ring (bicyclic) bond motifs is 1. The molecule has 0 radical (unpaired) electrons. The number of carbonyl (C=O) groups excluding carboxylic acids is 3. The van der Waals surface area contributed by atoms with Gasteiger partial charge in [-0.15, -0.1) is 0 Å². The fourth-order valence-corrected chi connectivity index (χ4v) is 6.81. The predicted molar refractivity (Wildman–Crippen MR) is 175 cm³/mol. The summed E-state index contributed by atoms with van der Waals surface area (Å²) in [7, 11) is -1.90. The molecule has 3 aromatic rings. The number of likely N-dealkylation sites (tertiary alicyclic amines) is 1. The van der Waals surface area contributed by atoms with Crippen molar-refractivity contribution in [3.05, 3.63) is 81.6 Å². The van der Waals surface area contributed by atoms with Gasteiger partial charge in [0, 0.05) is 56.7 Å². The average Bonchev–Trinajstić information content (AvgIpc) is 3.50. The molecule has 268 valence electrons. The van der Waals surface area contributed by atoms with E-state index in [4.69, 9.17) is 16.3 Å². The van der Waals surface area contributed by atoms with E-state index in [1.807, 2.05) is 12.1 Å². The molecule has 2 aromatic carbocycles. The van der Waals surface area contributed by atoms with E-state index in [0.29, 0.717) is 32.0 Å². The Morgan fingerprint density at radius 3 is 2.43 bits per heavy atom. The molecule has 2 saturated heterocycles. The fourth-order valence-electron chi connectivity index (χ4n) is 6.56. The van der Waals surface area contributed by atoms with Crippen molar-refractivity contribution >= 4 is 42.7 Å². The molecule has 0 saturated carbocycles. The quantitative estimate of drug-likeness (QED) is 0.147. The molecule has 2 atom stereocenters. The summed E-state index contributed by atoms with van der Waals surface area (Å²) < 4.78 is 34.1. The van der Waals surface area contributed by atoms with Gasteiger partial charge < -0.3 is 40.5 Å². The topological polar surface area (TPSA) is 205 Å². The van der Waals surface area contributed by atoms with E-state index < -0.39 is 88.1 Å². The lowest BCUT2D eigenvalue weighted by Gasteiger charge is -2.36. The van der Waals surface area contributed by atoms with Gasteiger partial charge >= 0.3 is 25.1 Å². The summed E-state index contributed by atoms with van der Waals surface area (Å²) in [6, 6.07) is 2.87. The first-order chi connectivity index (χ1) is 24.3. The van der Waals surface area contributed by atoms with Crippen molar-refractivity contribution in [2.75, 3.05) is 26.2 Å². The molecule has 6 N–H and O–H groups in total. The van der Waals surface area contributed by atoms with E-state index >= 15 is 0 Å². The van der Waals surface area contributed by atoms with E-state index in [1.54, 1.807) is 17.3 Å². The highest BCUT2D eigenvalue weighted by atomic mass is 35.5. The highest BCUT2D eigenvalue weighted by molar-refractivity contribution is 6.47. The highest BCUT2D eigenvalue weighted by Gasteiger charge is 2.43. The molecule has 0 aliphatic carbocycles. The number of nitrogens with one attached hydrogen (secondary N) is 2. The summed E-state index contributed by atoms with van der Waals surface area (Å²) in [6.45, 7) is 2.35. The molecule has 19 heteroatoms. The van der Waals surface area contributed by atoms with Crippen molar-refractivity contribution in [2.45, 2.75) is 43.8 Å². The number of phenolic OH excluding ortho intramolecular Hbond substituents is 2. The van der Waals surface area contributed by atoms with Crippen LogP contribution in [0.5, 0.6) is 17.2 Å². The monoisotopic (exact) mass is 728 g/mol. The largest absolute Gasteiger partial charge is 0.547 e. The van der Waals surface area contributed by atoms with Crippen LogP contribution in [0.1, 0.15) is 45.9 Å². The number of halogens is 3. The molecule has 3 aliphatic heterocycles. The molecule has 6 rings (SSSR count). The highest BCUT2D eigenvalue weighted by Crippen LogP contribution is 2.41. The van der Waals surface area contributed by atoms with Crippen molar-refractivity contribution in [3.63, 3.8) is 0 Å². The number of pyridine rings is 1. The lowest BCUT2D eigenvalue weighted by atomic mass is 9.72. The number of nitrogens with zero attached hydrogens (tertiary/aromatic N) is 4. The number of benzene rings is 2. The zero-order valence-electron chi connectivity index (χ0n) is 26.8. The minimum absolute atomic E-state index is 0.0341. The van der Waals surface area contributed by atoms with Crippen LogP contribution < -0.4 is 15.3 Å². The van der Waals surface area contributed by atoms with Gasteiger partial charge in [-0.2, -0.15) is 0 Å². The van der Waals surface area contributed by atoms with Gasteiger partial charge in [0.1, 0.15) is 23.2 Å². The first-order valence-corrected chi connectivity index (χ1v) is 16.3. The average molecular weight is 729 g/mol. The number of carbonyl (C=O) groups is 4. The smallest absolute Gasteiger partial charge is 0.534 e. The lowest BCUT2D eigenvalue weighted by molar-refractivity contribution is -0.123. The van der Waals surface area contributed by atoms with Crippen LogP contribution in [0.15, 0.2) is 42.7 Å². The maximum atomic E-state index is 14.6. The molecule has 3 aliphatic rings. The summed E-state index contributed by atoms with van der Waals surface area (Å²) in [4.78, 5) is 61.2. The number of aromatic nitrogens is 1. The molecule has 15 nitrogen and oxygen atoms in total. The molecule has 51 heavy (non-hydrogen) atoms.